The first-order valence-corrected chi connectivity index (χ1v) is 14.1. The summed E-state index contributed by atoms with van der Waals surface area (Å²) in [5, 5.41) is 20.7. The van der Waals surface area contributed by atoms with Crippen LogP contribution in [0, 0.1) is 27.7 Å². The van der Waals surface area contributed by atoms with Crippen LogP contribution in [-0.4, -0.2) is 51.4 Å². The molecule has 2 aromatic rings. The van der Waals surface area contributed by atoms with Crippen LogP contribution in [0.25, 0.3) is 0 Å². The highest BCUT2D eigenvalue weighted by Gasteiger charge is 2.46. The summed E-state index contributed by atoms with van der Waals surface area (Å²) in [7, 11) is 0. The molecule has 0 unspecified atom stereocenters. The van der Waals surface area contributed by atoms with Crippen molar-refractivity contribution in [1.82, 2.24) is 4.90 Å². The maximum atomic E-state index is 12.5. The Bertz CT molecular complexity index is 1210. The van der Waals surface area contributed by atoms with E-state index in [1.807, 2.05) is 52.0 Å². The average Bonchev–Trinajstić information content (AvgIpc) is 2.83. The summed E-state index contributed by atoms with van der Waals surface area (Å²) in [4.78, 5) is 26.3. The molecule has 0 amide bonds. The van der Waals surface area contributed by atoms with E-state index in [-0.39, 0.29) is 41.1 Å². The molecule has 0 atom stereocenters. The van der Waals surface area contributed by atoms with Crippen LogP contribution in [-0.2, 0) is 32.1 Å². The van der Waals surface area contributed by atoms with Gasteiger partial charge in [-0.3, -0.25) is 9.69 Å². The van der Waals surface area contributed by atoms with Crippen LogP contribution in [0.3, 0.4) is 0 Å². The lowest BCUT2D eigenvalue weighted by atomic mass is 9.78. The number of phenolic OH excluding ortho intramolecular Hbond substituents is 2. The average molecular weight is 554 g/mol. The number of phenols is 2. The van der Waals surface area contributed by atoms with Gasteiger partial charge in [-0.1, -0.05) is 42.0 Å². The zero-order valence-electron chi connectivity index (χ0n) is 25.5. The maximum Gasteiger partial charge on any atom is 0.306 e. The Kier molecular flexibility index (Phi) is 9.96. The Morgan fingerprint density at radius 1 is 0.925 bits per heavy atom. The van der Waals surface area contributed by atoms with Gasteiger partial charge in [-0.15, -0.1) is 0 Å². The Morgan fingerprint density at radius 2 is 1.45 bits per heavy atom. The summed E-state index contributed by atoms with van der Waals surface area (Å²) in [5.74, 6) is 0.687. The lowest BCUT2D eigenvalue weighted by molar-refractivity contribution is -0.315. The molecule has 7 heteroatoms. The number of hydrogen-bond donors (Lipinski definition) is 2. The number of esters is 1. The van der Waals surface area contributed by atoms with Crippen molar-refractivity contribution in [2.45, 2.75) is 105 Å². The van der Waals surface area contributed by atoms with E-state index in [0.29, 0.717) is 31.8 Å². The Labute approximate surface area is 239 Å². The number of aryl methyl sites for hydroxylation is 5. The first-order valence-electron chi connectivity index (χ1n) is 14.1. The quantitative estimate of drug-likeness (QED) is 0.141. The highest BCUT2D eigenvalue weighted by molar-refractivity contribution is 5.70. The summed E-state index contributed by atoms with van der Waals surface area (Å²) in [6, 6.07) is 7.71. The van der Waals surface area contributed by atoms with Crippen molar-refractivity contribution in [3.05, 3.63) is 70.0 Å². The topological polar surface area (TPSA) is 88.5 Å². The Balaban J connectivity index is 1.49. The van der Waals surface area contributed by atoms with Crippen LogP contribution in [0.2, 0.25) is 0 Å². The summed E-state index contributed by atoms with van der Waals surface area (Å²) >= 11 is 0. The third-order valence-corrected chi connectivity index (χ3v) is 7.83. The number of aromatic hydroxyl groups is 2. The number of likely N-dealkylation sites (tertiary alicyclic amines) is 1. The number of ether oxygens (including phenoxy) is 1. The van der Waals surface area contributed by atoms with E-state index in [0.717, 1.165) is 46.2 Å². The van der Waals surface area contributed by atoms with Gasteiger partial charge < -0.3 is 19.8 Å². The van der Waals surface area contributed by atoms with Gasteiger partial charge in [0.2, 0.25) is 0 Å². The third-order valence-electron chi connectivity index (χ3n) is 7.83. The fraction of sp³-hybridized carbons (Fsp3) is 0.545. The molecule has 1 saturated heterocycles. The monoisotopic (exact) mass is 553 g/mol. The van der Waals surface area contributed by atoms with Gasteiger partial charge in [0.15, 0.2) is 0 Å². The molecular weight excluding hydrogens is 506 g/mol. The maximum absolute atomic E-state index is 12.5. The van der Waals surface area contributed by atoms with Crippen LogP contribution in [0.15, 0.2) is 36.6 Å². The van der Waals surface area contributed by atoms with E-state index in [1.165, 1.54) is 0 Å². The first kappa shape index (κ1) is 31.5. The van der Waals surface area contributed by atoms with Gasteiger partial charge in [0.05, 0.1) is 0 Å². The second kappa shape index (κ2) is 12.6. The molecule has 220 valence electrons. The first-order chi connectivity index (χ1) is 18.6. The number of piperidine rings is 1. The third kappa shape index (κ3) is 8.01. The molecule has 40 heavy (non-hydrogen) atoms. The van der Waals surface area contributed by atoms with Crippen molar-refractivity contribution in [3.8, 4) is 11.5 Å². The van der Waals surface area contributed by atoms with E-state index >= 15 is 0 Å². The van der Waals surface area contributed by atoms with E-state index in [4.69, 9.17) is 14.5 Å². The summed E-state index contributed by atoms with van der Waals surface area (Å²) in [6.45, 7) is 21.3. The van der Waals surface area contributed by atoms with Gasteiger partial charge in [0.1, 0.15) is 30.0 Å². The van der Waals surface area contributed by atoms with Crippen molar-refractivity contribution in [2.75, 3.05) is 13.2 Å². The van der Waals surface area contributed by atoms with E-state index < -0.39 is 0 Å². The van der Waals surface area contributed by atoms with Crippen molar-refractivity contribution < 1.29 is 29.5 Å². The van der Waals surface area contributed by atoms with E-state index in [1.54, 1.807) is 0 Å². The standard InChI is InChI=1S/C33H47NO6/c1-21-14-23(3)30(36)26(16-21)10-11-29(35)38-13-12-34-32(6,7)19-28(20-33(34,8)9)40-39-25(5)18-27-17-22(2)15-24(4)31(27)37/h14-17,28,36-37H,5,10-13,18-20H2,1-4,6-9H3. The van der Waals surface area contributed by atoms with E-state index in [2.05, 4.69) is 39.2 Å². The number of allylic oxidation sites excluding steroid dienone is 1. The molecule has 1 fully saturated rings. The highest BCUT2D eigenvalue weighted by atomic mass is 17.2. The van der Waals surface area contributed by atoms with Crippen molar-refractivity contribution in [1.29, 1.82) is 0 Å². The molecular formula is C33H47NO6. The lowest BCUT2D eigenvalue weighted by Gasteiger charge is -2.54. The van der Waals surface area contributed by atoms with E-state index in [9.17, 15) is 15.0 Å². The molecule has 0 radical (unpaired) electrons. The van der Waals surface area contributed by atoms with Crippen LogP contribution in [0.5, 0.6) is 11.5 Å². The number of rotatable bonds is 11. The molecule has 2 aromatic carbocycles. The molecule has 0 saturated carbocycles. The highest BCUT2D eigenvalue weighted by Crippen LogP contribution is 2.39. The SMILES string of the molecule is C=C(Cc1cc(C)cc(C)c1O)OOC1CC(C)(C)N(CCOC(=O)CCc2cc(C)cc(C)c2O)C(C)(C)C1. The van der Waals surface area contributed by atoms with Crippen LogP contribution in [0.4, 0.5) is 0 Å². The van der Waals surface area contributed by atoms with Gasteiger partial charge in [-0.05, 0) is 91.3 Å². The fourth-order valence-electron chi connectivity index (χ4n) is 6.26. The van der Waals surface area contributed by atoms with Crippen LogP contribution < -0.4 is 0 Å². The largest absolute Gasteiger partial charge is 0.507 e. The van der Waals surface area contributed by atoms with Crippen LogP contribution in [0.1, 0.15) is 80.3 Å². The van der Waals surface area contributed by atoms with Gasteiger partial charge in [-0.2, -0.15) is 4.89 Å². The minimum absolute atomic E-state index is 0.140. The predicted octanol–water partition coefficient (Wildman–Crippen LogP) is 6.53. The zero-order valence-corrected chi connectivity index (χ0v) is 25.5. The normalized spacial score (nSPS) is 17.0. The molecule has 0 bridgehead atoms. The second-order valence-electron chi connectivity index (χ2n) is 12.6. The number of carbonyl (C=O) groups excluding carboxylic acids is 1. The molecule has 1 aliphatic rings. The molecule has 2 N–H and O–H groups in total. The fourth-order valence-corrected chi connectivity index (χ4v) is 6.26. The molecule has 1 heterocycles. The smallest absolute Gasteiger partial charge is 0.306 e. The molecule has 0 spiro atoms. The minimum Gasteiger partial charge on any atom is -0.507 e. The minimum atomic E-state index is -0.269. The number of carbonyl (C=O) groups is 1. The summed E-state index contributed by atoms with van der Waals surface area (Å²) in [5.41, 5.74) is 4.87. The second-order valence-corrected chi connectivity index (χ2v) is 12.6. The Morgan fingerprint density at radius 3 is 2.02 bits per heavy atom. The Hall–Kier alpha value is -3.03. The molecule has 7 nitrogen and oxygen atoms in total. The van der Waals surface area contributed by atoms with Crippen molar-refractivity contribution in [3.63, 3.8) is 0 Å². The van der Waals surface area contributed by atoms with Gasteiger partial charge in [0.25, 0.3) is 0 Å². The molecule has 0 aromatic heterocycles. The van der Waals surface area contributed by atoms with Crippen LogP contribution >= 0.6 is 0 Å². The molecule has 0 aliphatic carbocycles. The number of benzene rings is 2. The van der Waals surface area contributed by atoms with Gasteiger partial charge in [0, 0.05) is 36.0 Å². The number of hydrogen-bond acceptors (Lipinski definition) is 7. The molecule has 3 rings (SSSR count). The van der Waals surface area contributed by atoms with Gasteiger partial charge in [-0.25, -0.2) is 0 Å². The summed E-state index contributed by atoms with van der Waals surface area (Å²) in [6.07, 6.45) is 2.37. The zero-order chi connectivity index (χ0) is 29.8. The van der Waals surface area contributed by atoms with Gasteiger partial charge >= 0.3 is 5.97 Å². The lowest BCUT2D eigenvalue weighted by Crippen LogP contribution is -2.62. The van der Waals surface area contributed by atoms with Crippen molar-refractivity contribution >= 4 is 5.97 Å². The van der Waals surface area contributed by atoms with Crippen molar-refractivity contribution in [2.24, 2.45) is 0 Å². The molecule has 1 aliphatic heterocycles. The number of nitrogens with zero attached hydrogens (tertiary/aromatic N) is 1. The predicted molar refractivity (Wildman–Crippen MR) is 157 cm³/mol. The summed E-state index contributed by atoms with van der Waals surface area (Å²) < 4.78 is 5.59.